The molecule has 0 amide bonds. The van der Waals surface area contributed by atoms with Crippen molar-refractivity contribution in [2.45, 2.75) is 32.6 Å². The number of hydrogen-bond acceptors (Lipinski definition) is 2. The maximum atomic E-state index is 14.3. The van der Waals surface area contributed by atoms with Crippen molar-refractivity contribution in [1.29, 1.82) is 0 Å². The van der Waals surface area contributed by atoms with E-state index in [9.17, 15) is 9.18 Å². The number of piperidine rings is 1. The van der Waals surface area contributed by atoms with Gasteiger partial charge in [-0.1, -0.05) is 24.9 Å². The summed E-state index contributed by atoms with van der Waals surface area (Å²) in [6.45, 7) is 3.66. The second-order valence-corrected chi connectivity index (χ2v) is 6.56. The molecule has 0 radical (unpaired) electrons. The summed E-state index contributed by atoms with van der Waals surface area (Å²) in [5.74, 6) is -0.715. The second kappa shape index (κ2) is 6.54. The molecule has 1 aliphatic rings. The van der Waals surface area contributed by atoms with E-state index in [1.54, 1.807) is 6.07 Å². The summed E-state index contributed by atoms with van der Waals surface area (Å²) in [5.41, 5.74) is -0.327. The van der Waals surface area contributed by atoms with Gasteiger partial charge in [-0.2, -0.15) is 0 Å². The number of nitrogens with one attached hydrogen (secondary N) is 1. The van der Waals surface area contributed by atoms with Crippen molar-refractivity contribution in [1.82, 2.24) is 5.32 Å². The third-order valence-electron chi connectivity index (χ3n) is 4.05. The molecule has 1 aromatic rings. The Balaban J connectivity index is 2.40. The zero-order valence-electron chi connectivity index (χ0n) is 11.4. The Bertz CT molecular complexity index is 509. The quantitative estimate of drug-likeness (QED) is 0.627. The number of carbonyl (C=O) groups is 1. The van der Waals surface area contributed by atoms with E-state index in [0.29, 0.717) is 4.47 Å². The van der Waals surface area contributed by atoms with Gasteiger partial charge in [0.1, 0.15) is 0 Å². The predicted molar refractivity (Wildman–Crippen MR) is 82.9 cm³/mol. The van der Waals surface area contributed by atoms with Gasteiger partial charge in [0.05, 0.1) is 10.6 Å². The van der Waals surface area contributed by atoms with Crippen LogP contribution in [0.5, 0.6) is 0 Å². The van der Waals surface area contributed by atoms with Gasteiger partial charge in [-0.25, -0.2) is 4.39 Å². The molecule has 110 valence electrons. The molecule has 0 unspecified atom stereocenters. The highest BCUT2D eigenvalue weighted by Crippen LogP contribution is 2.39. The van der Waals surface area contributed by atoms with Gasteiger partial charge in [0.15, 0.2) is 11.6 Å². The number of Topliss-reactive ketones (excluding diaryl/α,β-unsaturated/α-hetero) is 1. The van der Waals surface area contributed by atoms with E-state index < -0.39 is 11.2 Å². The highest BCUT2D eigenvalue weighted by molar-refractivity contribution is 9.10. The summed E-state index contributed by atoms with van der Waals surface area (Å²) in [4.78, 5) is 12.9. The molecule has 5 heteroatoms. The molecule has 0 spiro atoms. The largest absolute Gasteiger partial charge is 0.317 e. The first-order valence-corrected chi connectivity index (χ1v) is 8.08. The van der Waals surface area contributed by atoms with Gasteiger partial charge >= 0.3 is 0 Å². The van der Waals surface area contributed by atoms with Gasteiger partial charge in [-0.05, 0) is 60.4 Å². The summed E-state index contributed by atoms with van der Waals surface area (Å²) < 4.78 is 14.8. The third kappa shape index (κ3) is 2.92. The molecular formula is C15H18BrClFNO. The number of benzene rings is 1. The first-order chi connectivity index (χ1) is 9.52. The van der Waals surface area contributed by atoms with Crippen LogP contribution in [0.4, 0.5) is 4.39 Å². The Morgan fingerprint density at radius 2 is 2.10 bits per heavy atom. The van der Waals surface area contributed by atoms with Gasteiger partial charge in [0, 0.05) is 9.89 Å². The Morgan fingerprint density at radius 3 is 2.70 bits per heavy atom. The molecule has 1 fully saturated rings. The molecule has 20 heavy (non-hydrogen) atoms. The third-order valence-corrected chi connectivity index (χ3v) is 5.31. The van der Waals surface area contributed by atoms with Gasteiger partial charge in [-0.3, -0.25) is 4.79 Å². The predicted octanol–water partition coefficient (Wildman–Crippen LogP) is 4.59. The molecule has 1 aromatic carbocycles. The molecule has 1 aliphatic heterocycles. The Hall–Kier alpha value is -0.450. The van der Waals surface area contributed by atoms with Crippen LogP contribution < -0.4 is 5.32 Å². The van der Waals surface area contributed by atoms with E-state index in [4.69, 9.17) is 11.6 Å². The first-order valence-electron chi connectivity index (χ1n) is 6.91. The SMILES string of the molecule is CCCC1(C(=O)c2ccc(Br)c(Cl)c2F)CCNCC1. The zero-order valence-corrected chi connectivity index (χ0v) is 13.8. The lowest BCUT2D eigenvalue weighted by molar-refractivity contribution is 0.0699. The van der Waals surface area contributed by atoms with E-state index in [1.807, 2.05) is 0 Å². The van der Waals surface area contributed by atoms with Crippen molar-refractivity contribution in [2.24, 2.45) is 5.41 Å². The molecule has 2 rings (SSSR count). The summed E-state index contributed by atoms with van der Waals surface area (Å²) in [6, 6.07) is 3.17. The highest BCUT2D eigenvalue weighted by atomic mass is 79.9. The Kier molecular flexibility index (Phi) is 5.21. The molecule has 0 aromatic heterocycles. The van der Waals surface area contributed by atoms with E-state index in [-0.39, 0.29) is 16.4 Å². The monoisotopic (exact) mass is 361 g/mol. The molecule has 1 N–H and O–H groups in total. The second-order valence-electron chi connectivity index (χ2n) is 5.33. The van der Waals surface area contributed by atoms with E-state index >= 15 is 0 Å². The standard InChI is InChI=1S/C15H18BrClFNO/c1-2-5-15(6-8-19-9-7-15)14(20)10-3-4-11(16)12(17)13(10)18/h3-4,19H,2,5-9H2,1H3. The Morgan fingerprint density at radius 1 is 1.45 bits per heavy atom. The lowest BCUT2D eigenvalue weighted by Gasteiger charge is -2.36. The first kappa shape index (κ1) is 15.9. The minimum Gasteiger partial charge on any atom is -0.317 e. The number of ketones is 1. The molecule has 1 heterocycles. The maximum absolute atomic E-state index is 14.3. The summed E-state index contributed by atoms with van der Waals surface area (Å²) in [5, 5.41) is 3.24. The molecule has 0 aliphatic carbocycles. The van der Waals surface area contributed by atoms with Crippen LogP contribution in [0.25, 0.3) is 0 Å². The summed E-state index contributed by atoms with van der Waals surface area (Å²) in [7, 11) is 0. The fraction of sp³-hybridized carbons (Fsp3) is 0.533. The molecule has 0 bridgehead atoms. The van der Waals surface area contributed by atoms with Crippen LogP contribution in [0.1, 0.15) is 43.0 Å². The van der Waals surface area contributed by atoms with Crippen molar-refractivity contribution in [2.75, 3.05) is 13.1 Å². The average molecular weight is 363 g/mol. The van der Waals surface area contributed by atoms with Crippen molar-refractivity contribution >= 4 is 33.3 Å². The smallest absolute Gasteiger partial charge is 0.172 e. The molecule has 2 nitrogen and oxygen atoms in total. The molecule has 1 saturated heterocycles. The lowest BCUT2D eigenvalue weighted by Crippen LogP contribution is -2.42. The van der Waals surface area contributed by atoms with Crippen LogP contribution in [0, 0.1) is 11.2 Å². The topological polar surface area (TPSA) is 29.1 Å². The summed E-state index contributed by atoms with van der Waals surface area (Å²) in [6.07, 6.45) is 3.22. The number of hydrogen-bond donors (Lipinski definition) is 1. The normalized spacial score (nSPS) is 18.0. The number of carbonyl (C=O) groups excluding carboxylic acids is 1. The van der Waals surface area contributed by atoms with Crippen LogP contribution in [-0.2, 0) is 0 Å². The van der Waals surface area contributed by atoms with Crippen LogP contribution in [0.15, 0.2) is 16.6 Å². The van der Waals surface area contributed by atoms with Gasteiger partial charge in [-0.15, -0.1) is 0 Å². The fourth-order valence-electron chi connectivity index (χ4n) is 2.96. The van der Waals surface area contributed by atoms with Gasteiger partial charge in [0.25, 0.3) is 0 Å². The van der Waals surface area contributed by atoms with Crippen LogP contribution in [0.2, 0.25) is 5.02 Å². The van der Waals surface area contributed by atoms with E-state index in [1.165, 1.54) is 6.07 Å². The van der Waals surface area contributed by atoms with Crippen molar-refractivity contribution in [3.8, 4) is 0 Å². The van der Waals surface area contributed by atoms with Gasteiger partial charge in [0.2, 0.25) is 0 Å². The minimum absolute atomic E-state index is 0.0172. The van der Waals surface area contributed by atoms with Crippen molar-refractivity contribution in [3.63, 3.8) is 0 Å². The van der Waals surface area contributed by atoms with Crippen LogP contribution in [0.3, 0.4) is 0 Å². The minimum atomic E-state index is -0.611. The molecule has 0 atom stereocenters. The maximum Gasteiger partial charge on any atom is 0.172 e. The number of halogens is 3. The van der Waals surface area contributed by atoms with E-state index in [0.717, 1.165) is 38.8 Å². The zero-order chi connectivity index (χ0) is 14.8. The van der Waals surface area contributed by atoms with Crippen molar-refractivity contribution in [3.05, 3.63) is 33.0 Å². The molecule has 0 saturated carbocycles. The van der Waals surface area contributed by atoms with Crippen molar-refractivity contribution < 1.29 is 9.18 Å². The highest BCUT2D eigenvalue weighted by Gasteiger charge is 2.40. The fourth-order valence-corrected chi connectivity index (χ4v) is 3.43. The van der Waals surface area contributed by atoms with E-state index in [2.05, 4.69) is 28.2 Å². The van der Waals surface area contributed by atoms with Gasteiger partial charge < -0.3 is 5.32 Å². The number of rotatable bonds is 4. The Labute approximate surface area is 132 Å². The average Bonchev–Trinajstić information content (AvgIpc) is 2.46. The molecular weight excluding hydrogens is 345 g/mol. The summed E-state index contributed by atoms with van der Waals surface area (Å²) >= 11 is 9.08. The van der Waals surface area contributed by atoms with Crippen LogP contribution >= 0.6 is 27.5 Å². The van der Waals surface area contributed by atoms with Crippen LogP contribution in [-0.4, -0.2) is 18.9 Å². The lowest BCUT2D eigenvalue weighted by atomic mass is 9.70.